The molecule has 0 spiro atoms. The van der Waals surface area contributed by atoms with E-state index in [1.165, 1.54) is 17.7 Å². The van der Waals surface area contributed by atoms with Crippen LogP contribution in [0.2, 0.25) is 0 Å². The molecule has 0 bridgehead atoms. The normalized spacial score (nSPS) is 25.8. The van der Waals surface area contributed by atoms with E-state index in [9.17, 15) is 4.79 Å². The zero-order chi connectivity index (χ0) is 11.7. The molecule has 5 heteroatoms. The number of hydrogen-bond acceptors (Lipinski definition) is 4. The molecule has 3 rings (SSSR count). The minimum atomic E-state index is 0.0131. The Morgan fingerprint density at radius 1 is 1.59 bits per heavy atom. The van der Waals surface area contributed by atoms with E-state index >= 15 is 0 Å². The summed E-state index contributed by atoms with van der Waals surface area (Å²) >= 11 is 3.59. The highest BCUT2D eigenvalue weighted by Gasteiger charge is 2.45. The third-order valence-electron chi connectivity index (χ3n) is 3.53. The van der Waals surface area contributed by atoms with Gasteiger partial charge >= 0.3 is 0 Å². The summed E-state index contributed by atoms with van der Waals surface area (Å²) in [4.78, 5) is 13.3. The van der Waals surface area contributed by atoms with Crippen molar-refractivity contribution in [3.8, 4) is 0 Å². The number of thioether (sulfide) groups is 1. The lowest BCUT2D eigenvalue weighted by Crippen LogP contribution is -2.44. The van der Waals surface area contributed by atoms with Crippen LogP contribution in [0, 0.1) is 0 Å². The summed E-state index contributed by atoms with van der Waals surface area (Å²) in [5.41, 5.74) is 0.259. The van der Waals surface area contributed by atoms with Gasteiger partial charge in [-0.15, -0.1) is 23.1 Å². The van der Waals surface area contributed by atoms with E-state index in [-0.39, 0.29) is 17.4 Å². The Hall–Kier alpha value is -0.520. The van der Waals surface area contributed by atoms with Crippen LogP contribution < -0.4 is 10.6 Å². The smallest absolute Gasteiger partial charge is 0.238 e. The number of carbonyl (C=O) groups excluding carboxylic acids is 1. The van der Waals surface area contributed by atoms with E-state index in [1.807, 2.05) is 0 Å². The first-order chi connectivity index (χ1) is 8.30. The van der Waals surface area contributed by atoms with E-state index in [0.29, 0.717) is 0 Å². The van der Waals surface area contributed by atoms with Crippen LogP contribution in [-0.4, -0.2) is 30.1 Å². The van der Waals surface area contributed by atoms with Crippen LogP contribution in [0.4, 0.5) is 0 Å². The van der Waals surface area contributed by atoms with E-state index in [1.54, 1.807) is 23.1 Å². The van der Waals surface area contributed by atoms with Gasteiger partial charge in [0.2, 0.25) is 5.91 Å². The van der Waals surface area contributed by atoms with Gasteiger partial charge in [0.05, 0.1) is 6.04 Å². The van der Waals surface area contributed by atoms with Crippen LogP contribution in [-0.2, 0) is 10.2 Å². The van der Waals surface area contributed by atoms with Gasteiger partial charge in [0, 0.05) is 28.5 Å². The summed E-state index contributed by atoms with van der Waals surface area (Å²) in [7, 11) is 0. The highest BCUT2D eigenvalue weighted by Crippen LogP contribution is 2.49. The fraction of sp³-hybridized carbons (Fsp3) is 0.583. The zero-order valence-electron chi connectivity index (χ0n) is 9.57. The maximum absolute atomic E-state index is 11.9. The Morgan fingerprint density at radius 2 is 2.47 bits per heavy atom. The Labute approximate surface area is 109 Å². The van der Waals surface area contributed by atoms with Gasteiger partial charge < -0.3 is 5.32 Å². The second-order valence-electron chi connectivity index (χ2n) is 4.75. The standard InChI is InChI=1S/C12H16N2OS2/c15-11(9-6-16-8-14-9)13-7-12(3-4-12)10-2-1-5-17-10/h1-2,5,9,14H,3-4,6-8H2,(H,13,15). The minimum Gasteiger partial charge on any atom is -0.354 e. The second kappa shape index (κ2) is 4.63. The number of rotatable bonds is 4. The van der Waals surface area contributed by atoms with Gasteiger partial charge in [-0.3, -0.25) is 10.1 Å². The summed E-state index contributed by atoms with van der Waals surface area (Å²) in [6.07, 6.45) is 2.42. The molecule has 1 aliphatic heterocycles. The lowest BCUT2D eigenvalue weighted by molar-refractivity contribution is -0.122. The van der Waals surface area contributed by atoms with Crippen molar-refractivity contribution < 1.29 is 4.79 Å². The fourth-order valence-electron chi connectivity index (χ4n) is 2.18. The van der Waals surface area contributed by atoms with Crippen molar-refractivity contribution in [2.45, 2.75) is 24.3 Å². The molecule has 0 aromatic carbocycles. The van der Waals surface area contributed by atoms with Gasteiger partial charge in [-0.05, 0) is 24.3 Å². The predicted molar refractivity (Wildman–Crippen MR) is 72.5 cm³/mol. The van der Waals surface area contributed by atoms with Crippen LogP contribution in [0.3, 0.4) is 0 Å². The number of amides is 1. The Kier molecular flexibility index (Phi) is 3.15. The summed E-state index contributed by atoms with van der Waals surface area (Å²) in [5.74, 6) is 1.96. The molecule has 1 saturated heterocycles. The van der Waals surface area contributed by atoms with Crippen LogP contribution in [0.5, 0.6) is 0 Å². The summed E-state index contributed by atoms with van der Waals surface area (Å²) in [6.45, 7) is 0.801. The van der Waals surface area contributed by atoms with Gasteiger partial charge in [0.1, 0.15) is 0 Å². The van der Waals surface area contributed by atoms with Gasteiger partial charge in [-0.25, -0.2) is 0 Å². The van der Waals surface area contributed by atoms with Crippen molar-refractivity contribution in [3.63, 3.8) is 0 Å². The molecule has 1 saturated carbocycles. The van der Waals surface area contributed by atoms with Crippen LogP contribution >= 0.6 is 23.1 Å². The zero-order valence-corrected chi connectivity index (χ0v) is 11.2. The molecule has 2 fully saturated rings. The topological polar surface area (TPSA) is 41.1 Å². The number of thiophene rings is 1. The highest BCUT2D eigenvalue weighted by atomic mass is 32.2. The Bertz CT molecular complexity index is 395. The SMILES string of the molecule is O=C(NCC1(c2cccs2)CC1)C1CSCN1. The quantitative estimate of drug-likeness (QED) is 0.871. The molecular formula is C12H16N2OS2. The maximum Gasteiger partial charge on any atom is 0.238 e. The van der Waals surface area contributed by atoms with Crippen molar-refractivity contribution in [3.05, 3.63) is 22.4 Å². The number of hydrogen-bond donors (Lipinski definition) is 2. The molecule has 1 amide bonds. The van der Waals surface area contributed by atoms with Crippen molar-refractivity contribution in [1.29, 1.82) is 0 Å². The number of nitrogens with one attached hydrogen (secondary N) is 2. The molecular weight excluding hydrogens is 252 g/mol. The minimum absolute atomic E-state index is 0.0131. The summed E-state index contributed by atoms with van der Waals surface area (Å²) < 4.78 is 0. The average Bonchev–Trinajstić information content (AvgIpc) is 2.82. The molecule has 1 aromatic heterocycles. The maximum atomic E-state index is 11.9. The molecule has 92 valence electrons. The molecule has 2 aliphatic rings. The third-order valence-corrected chi connectivity index (χ3v) is 5.59. The van der Waals surface area contributed by atoms with Crippen molar-refractivity contribution in [2.24, 2.45) is 0 Å². The van der Waals surface area contributed by atoms with Crippen LogP contribution in [0.1, 0.15) is 17.7 Å². The van der Waals surface area contributed by atoms with Crippen molar-refractivity contribution >= 4 is 29.0 Å². The highest BCUT2D eigenvalue weighted by molar-refractivity contribution is 7.99. The van der Waals surface area contributed by atoms with Crippen molar-refractivity contribution in [1.82, 2.24) is 10.6 Å². The monoisotopic (exact) mass is 268 g/mol. The molecule has 2 N–H and O–H groups in total. The van der Waals surface area contributed by atoms with Crippen LogP contribution in [0.25, 0.3) is 0 Å². The van der Waals surface area contributed by atoms with Crippen LogP contribution in [0.15, 0.2) is 17.5 Å². The Morgan fingerprint density at radius 3 is 3.06 bits per heavy atom. The molecule has 1 atom stereocenters. The summed E-state index contributed by atoms with van der Waals surface area (Å²) in [6, 6.07) is 4.30. The summed E-state index contributed by atoms with van der Waals surface area (Å²) in [5, 5.41) is 8.43. The van der Waals surface area contributed by atoms with E-state index in [2.05, 4.69) is 28.1 Å². The second-order valence-corrected chi connectivity index (χ2v) is 6.73. The first-order valence-electron chi connectivity index (χ1n) is 5.93. The first-order valence-corrected chi connectivity index (χ1v) is 7.96. The van der Waals surface area contributed by atoms with Gasteiger partial charge in [-0.2, -0.15) is 0 Å². The molecule has 3 nitrogen and oxygen atoms in total. The van der Waals surface area contributed by atoms with E-state index in [4.69, 9.17) is 0 Å². The molecule has 2 heterocycles. The average molecular weight is 268 g/mol. The lowest BCUT2D eigenvalue weighted by atomic mass is 10.1. The largest absolute Gasteiger partial charge is 0.354 e. The Balaban J connectivity index is 1.56. The molecule has 1 unspecified atom stereocenters. The first kappa shape index (κ1) is 11.6. The lowest BCUT2D eigenvalue weighted by Gasteiger charge is -2.16. The van der Waals surface area contributed by atoms with E-state index < -0.39 is 0 Å². The number of carbonyl (C=O) groups is 1. The van der Waals surface area contributed by atoms with Crippen molar-refractivity contribution in [2.75, 3.05) is 18.2 Å². The molecule has 0 radical (unpaired) electrons. The van der Waals surface area contributed by atoms with Gasteiger partial charge in [0.15, 0.2) is 0 Å². The third kappa shape index (κ3) is 2.37. The predicted octanol–water partition coefficient (Wildman–Crippen LogP) is 1.56. The van der Waals surface area contributed by atoms with Gasteiger partial charge in [0.25, 0.3) is 0 Å². The fourth-order valence-corrected chi connectivity index (χ4v) is 4.11. The molecule has 17 heavy (non-hydrogen) atoms. The van der Waals surface area contributed by atoms with E-state index in [0.717, 1.165) is 18.2 Å². The molecule has 1 aliphatic carbocycles. The molecule has 1 aromatic rings. The van der Waals surface area contributed by atoms with Gasteiger partial charge in [-0.1, -0.05) is 6.07 Å².